The number of amides is 1. The fourth-order valence-electron chi connectivity index (χ4n) is 0.835. The SMILES string of the molecule is C=C(C)C(N)=O.C=CC1NCCC1=O. The first kappa shape index (κ1) is 12.6. The van der Waals surface area contributed by atoms with Crippen LogP contribution >= 0.6 is 0 Å². The number of ketones is 1. The number of carbonyl (C=O) groups excluding carboxylic acids is 2. The van der Waals surface area contributed by atoms with E-state index >= 15 is 0 Å². The molecule has 0 aliphatic carbocycles. The second-order valence-corrected chi connectivity index (χ2v) is 3.03. The molecule has 1 saturated heterocycles. The highest BCUT2D eigenvalue weighted by molar-refractivity contribution is 5.90. The number of nitrogens with one attached hydrogen (secondary N) is 1. The average Bonchev–Trinajstić information content (AvgIpc) is 2.51. The second kappa shape index (κ2) is 6.10. The number of carbonyl (C=O) groups is 2. The van der Waals surface area contributed by atoms with E-state index < -0.39 is 5.91 Å². The van der Waals surface area contributed by atoms with Crippen molar-refractivity contribution in [1.82, 2.24) is 5.32 Å². The largest absolute Gasteiger partial charge is 0.366 e. The molecule has 14 heavy (non-hydrogen) atoms. The lowest BCUT2D eigenvalue weighted by Gasteiger charge is -1.96. The highest BCUT2D eigenvalue weighted by Gasteiger charge is 2.19. The fourth-order valence-corrected chi connectivity index (χ4v) is 0.835. The summed E-state index contributed by atoms with van der Waals surface area (Å²) in [6, 6.07) is -0.0602. The summed E-state index contributed by atoms with van der Waals surface area (Å²) in [5, 5.41) is 2.99. The Hall–Kier alpha value is -1.42. The molecule has 78 valence electrons. The zero-order valence-electron chi connectivity index (χ0n) is 8.38. The van der Waals surface area contributed by atoms with Gasteiger partial charge in [0.25, 0.3) is 0 Å². The van der Waals surface area contributed by atoms with Gasteiger partial charge in [0.1, 0.15) is 0 Å². The molecule has 3 N–H and O–H groups in total. The van der Waals surface area contributed by atoms with E-state index in [9.17, 15) is 9.59 Å². The lowest BCUT2D eigenvalue weighted by molar-refractivity contribution is -0.117. The lowest BCUT2D eigenvalue weighted by atomic mass is 10.2. The molecular formula is C10H16N2O2. The summed E-state index contributed by atoms with van der Waals surface area (Å²) in [4.78, 5) is 20.5. The normalized spacial score (nSPS) is 19.5. The minimum Gasteiger partial charge on any atom is -0.366 e. The fraction of sp³-hybridized carbons (Fsp3) is 0.400. The summed E-state index contributed by atoms with van der Waals surface area (Å²) in [6.07, 6.45) is 2.31. The highest BCUT2D eigenvalue weighted by Crippen LogP contribution is 1.99. The van der Waals surface area contributed by atoms with E-state index in [-0.39, 0.29) is 11.8 Å². The zero-order chi connectivity index (χ0) is 11.1. The summed E-state index contributed by atoms with van der Waals surface area (Å²) in [6.45, 7) is 9.18. The van der Waals surface area contributed by atoms with Crippen molar-refractivity contribution in [2.75, 3.05) is 6.54 Å². The highest BCUT2D eigenvalue weighted by atomic mass is 16.1. The zero-order valence-corrected chi connectivity index (χ0v) is 8.38. The van der Waals surface area contributed by atoms with Crippen LogP contribution in [0.25, 0.3) is 0 Å². The van der Waals surface area contributed by atoms with E-state index in [1.807, 2.05) is 0 Å². The Labute approximate surface area is 83.9 Å². The van der Waals surface area contributed by atoms with Crippen LogP contribution in [0.5, 0.6) is 0 Å². The van der Waals surface area contributed by atoms with Gasteiger partial charge in [-0.3, -0.25) is 9.59 Å². The smallest absolute Gasteiger partial charge is 0.243 e. The predicted molar refractivity (Wildman–Crippen MR) is 55.6 cm³/mol. The Morgan fingerprint density at radius 1 is 1.71 bits per heavy atom. The van der Waals surface area contributed by atoms with Gasteiger partial charge in [-0.25, -0.2) is 0 Å². The van der Waals surface area contributed by atoms with Crippen LogP contribution in [-0.2, 0) is 9.59 Å². The van der Waals surface area contributed by atoms with Crippen LogP contribution in [0.4, 0.5) is 0 Å². The number of primary amides is 1. The average molecular weight is 196 g/mol. The van der Waals surface area contributed by atoms with E-state index in [1.54, 1.807) is 13.0 Å². The molecule has 1 aliphatic heterocycles. The van der Waals surface area contributed by atoms with Gasteiger partial charge in [0.05, 0.1) is 6.04 Å². The number of nitrogens with two attached hydrogens (primary N) is 1. The Bertz CT molecular complexity index is 247. The van der Waals surface area contributed by atoms with Gasteiger partial charge >= 0.3 is 0 Å². The van der Waals surface area contributed by atoms with Crippen molar-refractivity contribution in [3.8, 4) is 0 Å². The predicted octanol–water partition coefficient (Wildman–Crippen LogP) is 0.151. The van der Waals surface area contributed by atoms with Crippen LogP contribution in [0, 0.1) is 0 Å². The molecule has 1 amide bonds. The molecule has 1 unspecified atom stereocenters. The molecule has 0 aromatic rings. The molecule has 0 aromatic carbocycles. The maximum absolute atomic E-state index is 10.7. The minimum absolute atomic E-state index is 0.0602. The first-order chi connectivity index (χ1) is 6.49. The Kier molecular flexibility index (Phi) is 5.48. The van der Waals surface area contributed by atoms with Crippen molar-refractivity contribution >= 4 is 11.7 Å². The topological polar surface area (TPSA) is 72.2 Å². The Morgan fingerprint density at radius 2 is 2.21 bits per heavy atom. The standard InChI is InChI=1S/C6H9NO.C4H7NO/c1-2-5-6(8)3-4-7-5;1-3(2)4(5)6/h2,5,7H,1,3-4H2;1H2,2H3,(H2,5,6). The van der Waals surface area contributed by atoms with Gasteiger partial charge in [0.15, 0.2) is 5.78 Å². The van der Waals surface area contributed by atoms with E-state index in [0.29, 0.717) is 12.0 Å². The van der Waals surface area contributed by atoms with Crippen molar-refractivity contribution in [2.24, 2.45) is 5.73 Å². The third-order valence-corrected chi connectivity index (χ3v) is 1.74. The van der Waals surface area contributed by atoms with Crippen LogP contribution < -0.4 is 11.1 Å². The quantitative estimate of drug-likeness (QED) is 0.488. The molecule has 1 rings (SSSR count). The van der Waals surface area contributed by atoms with E-state index in [2.05, 4.69) is 18.5 Å². The van der Waals surface area contributed by atoms with Crippen molar-refractivity contribution in [1.29, 1.82) is 0 Å². The number of rotatable bonds is 2. The van der Waals surface area contributed by atoms with E-state index in [4.69, 9.17) is 5.73 Å². The number of Topliss-reactive ketones (excluding diaryl/α,β-unsaturated/α-hetero) is 1. The number of hydrogen-bond donors (Lipinski definition) is 2. The van der Waals surface area contributed by atoms with Crippen LogP contribution in [0.1, 0.15) is 13.3 Å². The molecule has 0 aromatic heterocycles. The molecular weight excluding hydrogens is 180 g/mol. The van der Waals surface area contributed by atoms with Crippen molar-refractivity contribution < 1.29 is 9.59 Å². The van der Waals surface area contributed by atoms with Crippen LogP contribution in [-0.4, -0.2) is 24.3 Å². The molecule has 1 aliphatic rings. The third kappa shape index (κ3) is 4.57. The van der Waals surface area contributed by atoms with Gasteiger partial charge in [0.2, 0.25) is 5.91 Å². The van der Waals surface area contributed by atoms with Crippen molar-refractivity contribution in [2.45, 2.75) is 19.4 Å². The van der Waals surface area contributed by atoms with Crippen molar-refractivity contribution in [3.63, 3.8) is 0 Å². The Balaban J connectivity index is 0.000000255. The summed E-state index contributed by atoms with van der Waals surface area (Å²) >= 11 is 0. The first-order valence-electron chi connectivity index (χ1n) is 4.33. The summed E-state index contributed by atoms with van der Waals surface area (Å²) in [5.74, 6) is -0.171. The number of hydrogen-bond acceptors (Lipinski definition) is 3. The van der Waals surface area contributed by atoms with Gasteiger partial charge in [-0.15, -0.1) is 6.58 Å². The Morgan fingerprint density at radius 3 is 2.36 bits per heavy atom. The third-order valence-electron chi connectivity index (χ3n) is 1.74. The molecule has 4 heteroatoms. The maximum atomic E-state index is 10.7. The van der Waals surface area contributed by atoms with E-state index in [0.717, 1.165) is 6.54 Å². The van der Waals surface area contributed by atoms with Crippen LogP contribution in [0.2, 0.25) is 0 Å². The van der Waals surface area contributed by atoms with E-state index in [1.165, 1.54) is 0 Å². The molecule has 1 atom stereocenters. The van der Waals surface area contributed by atoms with Crippen molar-refractivity contribution in [3.05, 3.63) is 24.8 Å². The minimum atomic E-state index is -0.435. The second-order valence-electron chi connectivity index (χ2n) is 3.03. The summed E-state index contributed by atoms with van der Waals surface area (Å²) < 4.78 is 0. The van der Waals surface area contributed by atoms with Gasteiger partial charge in [-0.2, -0.15) is 0 Å². The molecule has 0 radical (unpaired) electrons. The molecule has 1 heterocycles. The molecule has 4 nitrogen and oxygen atoms in total. The lowest BCUT2D eigenvalue weighted by Crippen LogP contribution is -2.23. The summed E-state index contributed by atoms with van der Waals surface area (Å²) in [7, 11) is 0. The molecule has 0 saturated carbocycles. The maximum Gasteiger partial charge on any atom is 0.243 e. The van der Waals surface area contributed by atoms with Gasteiger partial charge in [-0.1, -0.05) is 12.7 Å². The van der Waals surface area contributed by atoms with Gasteiger partial charge in [0, 0.05) is 18.5 Å². The summed E-state index contributed by atoms with van der Waals surface area (Å²) in [5.41, 5.74) is 5.09. The monoisotopic (exact) mass is 196 g/mol. The van der Waals surface area contributed by atoms with Crippen LogP contribution in [0.3, 0.4) is 0 Å². The molecule has 0 spiro atoms. The van der Waals surface area contributed by atoms with Gasteiger partial charge < -0.3 is 11.1 Å². The van der Waals surface area contributed by atoms with Gasteiger partial charge in [-0.05, 0) is 6.92 Å². The van der Waals surface area contributed by atoms with Crippen LogP contribution in [0.15, 0.2) is 24.8 Å². The molecule has 0 bridgehead atoms. The first-order valence-corrected chi connectivity index (χ1v) is 4.33. The molecule has 1 fully saturated rings.